The Bertz CT molecular complexity index is 136. The molecule has 3 nitrogen and oxygen atoms in total. The summed E-state index contributed by atoms with van der Waals surface area (Å²) in [5, 5.41) is 3.44. The summed E-state index contributed by atoms with van der Waals surface area (Å²) in [5.74, 6) is 0. The molecule has 1 fully saturated rings. The number of ether oxygens (including phenoxy) is 1. The first kappa shape index (κ1) is 9.96. The Morgan fingerprint density at radius 1 is 1.50 bits per heavy atom. The van der Waals surface area contributed by atoms with Crippen molar-refractivity contribution in [2.75, 3.05) is 26.3 Å². The van der Waals surface area contributed by atoms with E-state index in [4.69, 9.17) is 10.5 Å². The van der Waals surface area contributed by atoms with Gasteiger partial charge in [0.15, 0.2) is 0 Å². The lowest BCUT2D eigenvalue weighted by Crippen LogP contribution is -2.25. The number of hydrogen-bond acceptors (Lipinski definition) is 3. The van der Waals surface area contributed by atoms with E-state index in [-0.39, 0.29) is 0 Å². The predicted molar refractivity (Wildman–Crippen MR) is 50.1 cm³/mol. The van der Waals surface area contributed by atoms with Crippen molar-refractivity contribution in [3.05, 3.63) is 0 Å². The molecule has 72 valence electrons. The Morgan fingerprint density at radius 2 is 2.17 bits per heavy atom. The van der Waals surface area contributed by atoms with Gasteiger partial charge in [-0.2, -0.15) is 0 Å². The highest BCUT2D eigenvalue weighted by atomic mass is 16.5. The van der Waals surface area contributed by atoms with Gasteiger partial charge >= 0.3 is 0 Å². The monoisotopic (exact) mass is 172 g/mol. The first-order valence-electron chi connectivity index (χ1n) is 4.68. The highest BCUT2D eigenvalue weighted by Crippen LogP contribution is 2.44. The van der Waals surface area contributed by atoms with Crippen LogP contribution in [0.4, 0.5) is 0 Å². The Kier molecular flexibility index (Phi) is 3.50. The fourth-order valence-corrected chi connectivity index (χ4v) is 1.31. The third-order valence-electron chi connectivity index (χ3n) is 2.41. The van der Waals surface area contributed by atoms with Crippen molar-refractivity contribution in [3.63, 3.8) is 0 Å². The molecule has 1 saturated carbocycles. The van der Waals surface area contributed by atoms with E-state index in [1.54, 1.807) is 0 Å². The standard InChI is InChI=1S/C9H20N2O/c1-9(2)7-8(9)11-4-6-12-5-3-10/h8,11H,3-7,10H2,1-2H3. The van der Waals surface area contributed by atoms with Gasteiger partial charge in [-0.25, -0.2) is 0 Å². The van der Waals surface area contributed by atoms with Gasteiger partial charge in [0.2, 0.25) is 0 Å². The second kappa shape index (κ2) is 4.21. The quantitative estimate of drug-likeness (QED) is 0.568. The number of nitrogens with two attached hydrogens (primary N) is 1. The van der Waals surface area contributed by atoms with Gasteiger partial charge in [-0.15, -0.1) is 0 Å². The zero-order chi connectivity index (χ0) is 9.03. The van der Waals surface area contributed by atoms with Crippen molar-refractivity contribution in [3.8, 4) is 0 Å². The molecular formula is C9H20N2O. The van der Waals surface area contributed by atoms with Crippen molar-refractivity contribution < 1.29 is 4.74 Å². The molecule has 0 radical (unpaired) electrons. The van der Waals surface area contributed by atoms with Crippen LogP contribution in [0.15, 0.2) is 0 Å². The lowest BCUT2D eigenvalue weighted by Gasteiger charge is -2.06. The SMILES string of the molecule is CC1(C)CC1NCCOCCN. The van der Waals surface area contributed by atoms with E-state index in [1.807, 2.05) is 0 Å². The molecule has 0 aliphatic heterocycles. The van der Waals surface area contributed by atoms with Gasteiger partial charge in [0, 0.05) is 19.1 Å². The first-order valence-corrected chi connectivity index (χ1v) is 4.68. The maximum atomic E-state index is 5.28. The molecule has 0 spiro atoms. The summed E-state index contributed by atoms with van der Waals surface area (Å²) >= 11 is 0. The molecule has 1 aliphatic carbocycles. The zero-order valence-electron chi connectivity index (χ0n) is 8.10. The van der Waals surface area contributed by atoms with E-state index in [0.29, 0.717) is 24.6 Å². The fraction of sp³-hybridized carbons (Fsp3) is 1.00. The predicted octanol–water partition coefficient (Wildman–Crippen LogP) is 0.350. The third-order valence-corrected chi connectivity index (χ3v) is 2.41. The zero-order valence-corrected chi connectivity index (χ0v) is 8.10. The smallest absolute Gasteiger partial charge is 0.0591 e. The molecule has 1 unspecified atom stereocenters. The minimum atomic E-state index is 0.522. The van der Waals surface area contributed by atoms with Crippen LogP contribution in [-0.4, -0.2) is 32.3 Å². The molecule has 0 heterocycles. The van der Waals surface area contributed by atoms with Crippen molar-refractivity contribution in [1.82, 2.24) is 5.32 Å². The largest absolute Gasteiger partial charge is 0.379 e. The minimum absolute atomic E-state index is 0.522. The van der Waals surface area contributed by atoms with Gasteiger partial charge in [0.05, 0.1) is 13.2 Å². The second-order valence-electron chi connectivity index (χ2n) is 4.10. The topological polar surface area (TPSA) is 47.3 Å². The van der Waals surface area contributed by atoms with Crippen molar-refractivity contribution in [1.29, 1.82) is 0 Å². The summed E-state index contributed by atoms with van der Waals surface area (Å²) in [6.07, 6.45) is 1.30. The fourth-order valence-electron chi connectivity index (χ4n) is 1.31. The summed E-state index contributed by atoms with van der Waals surface area (Å²) in [5.41, 5.74) is 5.80. The van der Waals surface area contributed by atoms with E-state index in [9.17, 15) is 0 Å². The van der Waals surface area contributed by atoms with Crippen LogP contribution in [0.2, 0.25) is 0 Å². The van der Waals surface area contributed by atoms with Crippen molar-refractivity contribution in [2.24, 2.45) is 11.1 Å². The van der Waals surface area contributed by atoms with Gasteiger partial charge in [0.1, 0.15) is 0 Å². The lowest BCUT2D eigenvalue weighted by molar-refractivity contribution is 0.142. The van der Waals surface area contributed by atoms with Crippen LogP contribution >= 0.6 is 0 Å². The summed E-state index contributed by atoms with van der Waals surface area (Å²) in [7, 11) is 0. The maximum absolute atomic E-state index is 5.28. The van der Waals surface area contributed by atoms with Crippen LogP contribution in [0.5, 0.6) is 0 Å². The maximum Gasteiger partial charge on any atom is 0.0591 e. The molecule has 1 rings (SSSR count). The molecule has 1 aliphatic rings. The Labute approximate surface area is 74.7 Å². The van der Waals surface area contributed by atoms with Crippen molar-refractivity contribution >= 4 is 0 Å². The molecule has 0 bridgehead atoms. The van der Waals surface area contributed by atoms with Crippen LogP contribution in [-0.2, 0) is 4.74 Å². The Hall–Kier alpha value is -0.120. The molecule has 0 amide bonds. The normalized spacial score (nSPS) is 25.8. The van der Waals surface area contributed by atoms with Gasteiger partial charge in [0.25, 0.3) is 0 Å². The van der Waals surface area contributed by atoms with Crippen LogP contribution in [0.25, 0.3) is 0 Å². The number of nitrogens with one attached hydrogen (secondary N) is 1. The van der Waals surface area contributed by atoms with E-state index in [1.165, 1.54) is 6.42 Å². The number of rotatable bonds is 6. The molecule has 0 aromatic carbocycles. The third kappa shape index (κ3) is 3.09. The average Bonchev–Trinajstić information content (AvgIpc) is 2.59. The van der Waals surface area contributed by atoms with Gasteiger partial charge in [-0.05, 0) is 11.8 Å². The highest BCUT2D eigenvalue weighted by molar-refractivity contribution is 5.01. The summed E-state index contributed by atoms with van der Waals surface area (Å²) < 4.78 is 5.24. The van der Waals surface area contributed by atoms with Crippen molar-refractivity contribution in [2.45, 2.75) is 26.3 Å². The van der Waals surface area contributed by atoms with E-state index < -0.39 is 0 Å². The van der Waals surface area contributed by atoms with Crippen LogP contribution < -0.4 is 11.1 Å². The Morgan fingerprint density at radius 3 is 2.67 bits per heavy atom. The molecular weight excluding hydrogens is 152 g/mol. The summed E-state index contributed by atoms with van der Waals surface area (Å²) in [6.45, 7) is 7.60. The van der Waals surface area contributed by atoms with Gasteiger partial charge < -0.3 is 15.8 Å². The molecule has 1 atom stereocenters. The first-order chi connectivity index (χ1) is 5.67. The molecule has 3 heteroatoms. The van der Waals surface area contributed by atoms with Crippen LogP contribution in [0, 0.1) is 5.41 Å². The van der Waals surface area contributed by atoms with E-state index in [0.717, 1.165) is 13.2 Å². The van der Waals surface area contributed by atoms with Gasteiger partial charge in [-0.1, -0.05) is 13.8 Å². The molecule has 0 saturated heterocycles. The molecule has 0 aromatic heterocycles. The molecule has 0 aromatic rings. The van der Waals surface area contributed by atoms with E-state index in [2.05, 4.69) is 19.2 Å². The molecule has 12 heavy (non-hydrogen) atoms. The van der Waals surface area contributed by atoms with E-state index >= 15 is 0 Å². The summed E-state index contributed by atoms with van der Waals surface area (Å²) in [4.78, 5) is 0. The van der Waals surface area contributed by atoms with Gasteiger partial charge in [-0.3, -0.25) is 0 Å². The lowest BCUT2D eigenvalue weighted by atomic mass is 10.2. The van der Waals surface area contributed by atoms with Crippen LogP contribution in [0.1, 0.15) is 20.3 Å². The highest BCUT2D eigenvalue weighted by Gasteiger charge is 2.44. The molecule has 3 N–H and O–H groups in total. The summed E-state index contributed by atoms with van der Waals surface area (Å²) in [6, 6.07) is 0.707. The van der Waals surface area contributed by atoms with Crippen LogP contribution in [0.3, 0.4) is 0 Å². The minimum Gasteiger partial charge on any atom is -0.379 e. The number of hydrogen-bond donors (Lipinski definition) is 2. The average molecular weight is 172 g/mol. The second-order valence-corrected chi connectivity index (χ2v) is 4.10. The Balaban J connectivity index is 1.85.